The van der Waals surface area contributed by atoms with E-state index in [9.17, 15) is 0 Å². The molecule has 2 heterocycles. The van der Waals surface area contributed by atoms with Crippen molar-refractivity contribution in [2.45, 2.75) is 39.0 Å². The molecule has 0 unspecified atom stereocenters. The van der Waals surface area contributed by atoms with E-state index in [2.05, 4.69) is 46.8 Å². The van der Waals surface area contributed by atoms with Crippen LogP contribution in [0.25, 0.3) is 0 Å². The Morgan fingerprint density at radius 3 is 2.48 bits per heavy atom. The fourth-order valence-electron chi connectivity index (χ4n) is 2.16. The third-order valence-corrected chi connectivity index (χ3v) is 4.80. The predicted molar refractivity (Wildman–Crippen MR) is 107 cm³/mol. The quantitative estimate of drug-likeness (QED) is 0.458. The molecule has 0 radical (unpaired) electrons. The maximum atomic E-state index is 5.79. The van der Waals surface area contributed by atoms with Gasteiger partial charge in [-0.25, -0.2) is 9.97 Å². The van der Waals surface area contributed by atoms with Crippen LogP contribution < -0.4 is 10.6 Å². The SMILES string of the molecule is CN=C(NCCc1ccc(Cl)nc1)NCCc1nc(C(C)(C)C)cs1. The standard InChI is InChI=1S/C18H26ClN5S/c1-18(2,3)14-12-25-16(24-14)8-10-22-17(20-4)21-9-7-13-5-6-15(19)23-11-13/h5-6,11-12H,7-10H2,1-4H3,(H2,20,21,22). The molecule has 25 heavy (non-hydrogen) atoms. The number of rotatable bonds is 6. The van der Waals surface area contributed by atoms with Crippen molar-refractivity contribution in [3.63, 3.8) is 0 Å². The minimum absolute atomic E-state index is 0.107. The highest BCUT2D eigenvalue weighted by Crippen LogP contribution is 2.23. The Morgan fingerprint density at radius 1 is 1.20 bits per heavy atom. The molecule has 7 heteroatoms. The Labute approximate surface area is 159 Å². The number of guanidine groups is 1. The molecule has 2 aromatic heterocycles. The third-order valence-electron chi connectivity index (χ3n) is 3.67. The number of halogens is 1. The van der Waals surface area contributed by atoms with Crippen LogP contribution in [0, 0.1) is 0 Å². The Bertz CT molecular complexity index is 688. The average molecular weight is 380 g/mol. The predicted octanol–water partition coefficient (Wildman–Crippen LogP) is 3.44. The summed E-state index contributed by atoms with van der Waals surface area (Å²) in [6, 6.07) is 3.80. The molecule has 0 aromatic carbocycles. The van der Waals surface area contributed by atoms with Crippen LogP contribution in [-0.2, 0) is 18.3 Å². The topological polar surface area (TPSA) is 62.2 Å². The number of thiazole rings is 1. The van der Waals surface area contributed by atoms with Gasteiger partial charge in [-0.1, -0.05) is 38.4 Å². The van der Waals surface area contributed by atoms with Crippen LogP contribution in [0.1, 0.15) is 37.0 Å². The lowest BCUT2D eigenvalue weighted by Crippen LogP contribution is -2.39. The van der Waals surface area contributed by atoms with Gasteiger partial charge in [-0.3, -0.25) is 4.99 Å². The summed E-state index contributed by atoms with van der Waals surface area (Å²) in [6.07, 6.45) is 3.56. The summed E-state index contributed by atoms with van der Waals surface area (Å²) in [5.41, 5.74) is 2.41. The van der Waals surface area contributed by atoms with E-state index in [1.54, 1.807) is 24.6 Å². The summed E-state index contributed by atoms with van der Waals surface area (Å²) in [5.74, 6) is 0.800. The first kappa shape index (κ1) is 19.7. The molecule has 0 aliphatic carbocycles. The first-order valence-electron chi connectivity index (χ1n) is 8.38. The Balaban J connectivity index is 1.71. The number of hydrogen-bond donors (Lipinski definition) is 2. The number of nitrogens with zero attached hydrogens (tertiary/aromatic N) is 3. The normalized spacial score (nSPS) is 12.3. The van der Waals surface area contributed by atoms with Crippen LogP contribution in [0.5, 0.6) is 0 Å². The van der Waals surface area contributed by atoms with Gasteiger partial charge in [0.05, 0.1) is 10.7 Å². The number of hydrogen-bond acceptors (Lipinski definition) is 4. The minimum Gasteiger partial charge on any atom is -0.356 e. The van der Waals surface area contributed by atoms with Gasteiger partial charge in [-0.15, -0.1) is 11.3 Å². The van der Waals surface area contributed by atoms with Crippen molar-refractivity contribution >= 4 is 28.9 Å². The molecule has 0 fully saturated rings. The average Bonchev–Trinajstić information content (AvgIpc) is 3.04. The second-order valence-corrected chi connectivity index (χ2v) is 8.12. The summed E-state index contributed by atoms with van der Waals surface area (Å²) in [6.45, 7) is 8.15. The second-order valence-electron chi connectivity index (χ2n) is 6.79. The van der Waals surface area contributed by atoms with E-state index >= 15 is 0 Å². The summed E-state index contributed by atoms with van der Waals surface area (Å²) in [4.78, 5) is 13.0. The van der Waals surface area contributed by atoms with E-state index < -0.39 is 0 Å². The van der Waals surface area contributed by atoms with E-state index in [-0.39, 0.29) is 5.41 Å². The van der Waals surface area contributed by atoms with Gasteiger partial charge in [-0.2, -0.15) is 0 Å². The van der Waals surface area contributed by atoms with Crippen molar-refractivity contribution in [1.82, 2.24) is 20.6 Å². The van der Waals surface area contributed by atoms with Crippen molar-refractivity contribution < 1.29 is 0 Å². The monoisotopic (exact) mass is 379 g/mol. The molecule has 136 valence electrons. The van der Waals surface area contributed by atoms with Crippen molar-refractivity contribution in [3.05, 3.63) is 45.1 Å². The Hall–Kier alpha value is -1.66. The highest BCUT2D eigenvalue weighted by atomic mass is 35.5. The van der Waals surface area contributed by atoms with Gasteiger partial charge in [0, 0.05) is 43.5 Å². The van der Waals surface area contributed by atoms with Gasteiger partial charge in [0.15, 0.2) is 5.96 Å². The lowest BCUT2D eigenvalue weighted by Gasteiger charge is -2.14. The van der Waals surface area contributed by atoms with Gasteiger partial charge in [0.1, 0.15) is 5.15 Å². The maximum absolute atomic E-state index is 5.79. The van der Waals surface area contributed by atoms with Crippen LogP contribution in [0.2, 0.25) is 5.15 Å². The Kier molecular flexibility index (Phi) is 7.20. The summed E-state index contributed by atoms with van der Waals surface area (Å²) < 4.78 is 0. The Morgan fingerprint density at radius 2 is 1.92 bits per heavy atom. The molecule has 0 saturated carbocycles. The zero-order valence-electron chi connectivity index (χ0n) is 15.3. The number of nitrogens with one attached hydrogen (secondary N) is 2. The lowest BCUT2D eigenvalue weighted by molar-refractivity contribution is 0.570. The van der Waals surface area contributed by atoms with E-state index in [4.69, 9.17) is 16.6 Å². The zero-order valence-corrected chi connectivity index (χ0v) is 16.8. The molecular weight excluding hydrogens is 354 g/mol. The van der Waals surface area contributed by atoms with E-state index in [1.807, 2.05) is 12.1 Å². The molecule has 0 amide bonds. The molecule has 0 atom stereocenters. The fraction of sp³-hybridized carbons (Fsp3) is 0.500. The molecule has 0 bridgehead atoms. The molecule has 5 nitrogen and oxygen atoms in total. The number of pyridine rings is 1. The van der Waals surface area contributed by atoms with Gasteiger partial charge in [0.2, 0.25) is 0 Å². The summed E-state index contributed by atoms with van der Waals surface area (Å²) in [7, 11) is 1.78. The van der Waals surface area contributed by atoms with Crippen molar-refractivity contribution in [2.75, 3.05) is 20.1 Å². The van der Waals surface area contributed by atoms with E-state index in [1.165, 1.54) is 0 Å². The fourth-order valence-corrected chi connectivity index (χ4v) is 3.29. The number of aromatic nitrogens is 2. The molecule has 0 saturated heterocycles. The van der Waals surface area contributed by atoms with Crippen LogP contribution >= 0.6 is 22.9 Å². The molecule has 0 spiro atoms. The molecular formula is C18H26ClN5S. The highest BCUT2D eigenvalue weighted by Gasteiger charge is 2.17. The largest absolute Gasteiger partial charge is 0.356 e. The second kappa shape index (κ2) is 9.15. The van der Waals surface area contributed by atoms with Crippen molar-refractivity contribution in [1.29, 1.82) is 0 Å². The summed E-state index contributed by atoms with van der Waals surface area (Å²) >= 11 is 7.52. The molecule has 2 rings (SSSR count). The van der Waals surface area contributed by atoms with E-state index in [0.717, 1.165) is 48.2 Å². The van der Waals surface area contributed by atoms with Gasteiger partial charge >= 0.3 is 0 Å². The maximum Gasteiger partial charge on any atom is 0.191 e. The van der Waals surface area contributed by atoms with Gasteiger partial charge in [-0.05, 0) is 18.1 Å². The number of aliphatic imine (C=N–C) groups is 1. The summed E-state index contributed by atoms with van der Waals surface area (Å²) in [5, 5.41) is 10.5. The van der Waals surface area contributed by atoms with Gasteiger partial charge in [0.25, 0.3) is 0 Å². The van der Waals surface area contributed by atoms with Crippen molar-refractivity contribution in [2.24, 2.45) is 4.99 Å². The molecule has 2 aromatic rings. The molecule has 2 N–H and O–H groups in total. The van der Waals surface area contributed by atoms with Crippen LogP contribution in [0.15, 0.2) is 28.7 Å². The first-order valence-corrected chi connectivity index (χ1v) is 9.64. The highest BCUT2D eigenvalue weighted by molar-refractivity contribution is 7.09. The minimum atomic E-state index is 0.107. The van der Waals surface area contributed by atoms with Crippen LogP contribution in [-0.4, -0.2) is 36.1 Å². The van der Waals surface area contributed by atoms with Crippen LogP contribution in [0.3, 0.4) is 0 Å². The molecule has 0 aliphatic rings. The lowest BCUT2D eigenvalue weighted by atomic mass is 9.93. The molecule has 0 aliphatic heterocycles. The van der Waals surface area contributed by atoms with E-state index in [0.29, 0.717) is 5.15 Å². The first-order chi connectivity index (χ1) is 11.9. The van der Waals surface area contributed by atoms with Gasteiger partial charge < -0.3 is 10.6 Å². The smallest absolute Gasteiger partial charge is 0.191 e. The van der Waals surface area contributed by atoms with Crippen molar-refractivity contribution in [3.8, 4) is 0 Å². The van der Waals surface area contributed by atoms with Crippen LogP contribution in [0.4, 0.5) is 0 Å². The third kappa shape index (κ3) is 6.63. The zero-order chi connectivity index (χ0) is 18.3.